The number of furan rings is 1. The van der Waals surface area contributed by atoms with Crippen molar-refractivity contribution in [3.05, 3.63) is 22.6 Å². The molecule has 0 aromatic carbocycles. The van der Waals surface area contributed by atoms with Crippen molar-refractivity contribution in [2.75, 3.05) is 13.1 Å². The van der Waals surface area contributed by atoms with Crippen molar-refractivity contribution in [3.8, 4) is 0 Å². The van der Waals surface area contributed by atoms with Gasteiger partial charge in [-0.15, -0.1) is 0 Å². The second-order valence-electron chi connectivity index (χ2n) is 4.47. The van der Waals surface area contributed by atoms with Gasteiger partial charge in [-0.2, -0.15) is 0 Å². The van der Waals surface area contributed by atoms with Crippen molar-refractivity contribution in [1.82, 2.24) is 4.90 Å². The van der Waals surface area contributed by atoms with Gasteiger partial charge in [0.15, 0.2) is 4.67 Å². The molecule has 2 heterocycles. The van der Waals surface area contributed by atoms with Gasteiger partial charge < -0.3 is 14.4 Å². The van der Waals surface area contributed by atoms with Gasteiger partial charge >= 0.3 is 5.97 Å². The predicted molar refractivity (Wildman–Crippen MR) is 67.3 cm³/mol. The van der Waals surface area contributed by atoms with Crippen LogP contribution in [0, 0.1) is 5.92 Å². The maximum Gasteiger partial charge on any atom is 0.303 e. The van der Waals surface area contributed by atoms with E-state index >= 15 is 0 Å². The first-order valence-electron chi connectivity index (χ1n) is 5.81. The third kappa shape index (κ3) is 3.13. The highest BCUT2D eigenvalue weighted by molar-refractivity contribution is 9.10. The van der Waals surface area contributed by atoms with E-state index in [0.717, 1.165) is 12.8 Å². The maximum atomic E-state index is 12.1. The average Bonchev–Trinajstić information content (AvgIpc) is 2.75. The lowest BCUT2D eigenvalue weighted by molar-refractivity contribution is -0.138. The van der Waals surface area contributed by atoms with Crippen molar-refractivity contribution < 1.29 is 19.1 Å². The molecule has 1 amide bonds. The van der Waals surface area contributed by atoms with Gasteiger partial charge in [-0.1, -0.05) is 0 Å². The number of hydrogen-bond acceptors (Lipinski definition) is 3. The summed E-state index contributed by atoms with van der Waals surface area (Å²) < 4.78 is 5.58. The first-order chi connectivity index (χ1) is 8.56. The molecule has 1 aromatic heterocycles. The Morgan fingerprint density at radius 1 is 1.44 bits per heavy atom. The molecule has 0 bridgehead atoms. The number of rotatable bonds is 3. The number of carboxylic acids is 1. The summed E-state index contributed by atoms with van der Waals surface area (Å²) in [7, 11) is 0. The lowest BCUT2D eigenvalue weighted by Gasteiger charge is -2.31. The third-order valence-corrected chi connectivity index (χ3v) is 3.60. The van der Waals surface area contributed by atoms with Crippen LogP contribution in [0.5, 0.6) is 0 Å². The van der Waals surface area contributed by atoms with Crippen LogP contribution in [0.25, 0.3) is 0 Å². The van der Waals surface area contributed by atoms with E-state index in [4.69, 9.17) is 9.52 Å². The van der Waals surface area contributed by atoms with Crippen molar-refractivity contribution in [2.24, 2.45) is 5.92 Å². The Bertz CT molecular complexity index is 449. The summed E-state index contributed by atoms with van der Waals surface area (Å²) in [5.41, 5.74) is 0.526. The minimum Gasteiger partial charge on any atom is -0.481 e. The molecular formula is C12H14BrNO4. The summed E-state index contributed by atoms with van der Waals surface area (Å²) >= 11 is 3.16. The average molecular weight is 316 g/mol. The van der Waals surface area contributed by atoms with E-state index in [-0.39, 0.29) is 18.2 Å². The SMILES string of the molecule is O=C(O)CC1CCN(C(=O)c2coc(Br)c2)CC1. The van der Waals surface area contributed by atoms with Crippen LogP contribution in [0.1, 0.15) is 29.6 Å². The molecule has 1 aliphatic rings. The van der Waals surface area contributed by atoms with Gasteiger partial charge in [0.2, 0.25) is 0 Å². The zero-order valence-electron chi connectivity index (χ0n) is 9.76. The van der Waals surface area contributed by atoms with Crippen molar-refractivity contribution in [2.45, 2.75) is 19.3 Å². The Morgan fingerprint density at radius 2 is 2.11 bits per heavy atom. The van der Waals surface area contributed by atoms with E-state index in [1.54, 1.807) is 11.0 Å². The number of hydrogen-bond donors (Lipinski definition) is 1. The number of carbonyl (C=O) groups excluding carboxylic acids is 1. The minimum atomic E-state index is -0.765. The molecule has 5 nitrogen and oxygen atoms in total. The molecule has 1 N–H and O–H groups in total. The lowest BCUT2D eigenvalue weighted by atomic mass is 9.93. The highest BCUT2D eigenvalue weighted by atomic mass is 79.9. The first kappa shape index (κ1) is 13.1. The Hall–Kier alpha value is -1.30. The zero-order chi connectivity index (χ0) is 13.1. The first-order valence-corrected chi connectivity index (χ1v) is 6.60. The van der Waals surface area contributed by atoms with Gasteiger partial charge in [-0.25, -0.2) is 0 Å². The van der Waals surface area contributed by atoms with E-state index < -0.39 is 5.97 Å². The largest absolute Gasteiger partial charge is 0.481 e. The molecule has 1 aliphatic heterocycles. The van der Waals surface area contributed by atoms with Gasteiger partial charge in [-0.05, 0) is 34.7 Å². The van der Waals surface area contributed by atoms with Crippen LogP contribution in [0.15, 0.2) is 21.4 Å². The van der Waals surface area contributed by atoms with E-state index in [1.807, 2.05) is 0 Å². The summed E-state index contributed by atoms with van der Waals surface area (Å²) in [5.74, 6) is -0.639. The molecule has 0 unspecified atom stereocenters. The summed E-state index contributed by atoms with van der Waals surface area (Å²) in [5, 5.41) is 8.72. The fourth-order valence-electron chi connectivity index (χ4n) is 2.19. The van der Waals surface area contributed by atoms with Crippen LogP contribution in [0.2, 0.25) is 0 Å². The molecule has 1 fully saturated rings. The van der Waals surface area contributed by atoms with Gasteiger partial charge in [0.05, 0.1) is 5.56 Å². The maximum absolute atomic E-state index is 12.1. The number of carboxylic acid groups (broad SMARTS) is 1. The smallest absolute Gasteiger partial charge is 0.303 e. The molecule has 0 atom stereocenters. The monoisotopic (exact) mass is 315 g/mol. The molecule has 0 spiro atoms. The van der Waals surface area contributed by atoms with E-state index in [9.17, 15) is 9.59 Å². The molecule has 6 heteroatoms. The molecule has 18 heavy (non-hydrogen) atoms. The number of halogens is 1. The van der Waals surface area contributed by atoms with E-state index in [0.29, 0.717) is 23.3 Å². The van der Waals surface area contributed by atoms with Crippen LogP contribution < -0.4 is 0 Å². The Labute approximate surface area is 113 Å². The number of aliphatic carboxylic acids is 1. The number of amides is 1. The zero-order valence-corrected chi connectivity index (χ0v) is 11.4. The van der Waals surface area contributed by atoms with Crippen LogP contribution in [-0.2, 0) is 4.79 Å². The Kier molecular flexibility index (Phi) is 4.06. The summed E-state index contributed by atoms with van der Waals surface area (Å²) in [6.07, 6.45) is 3.11. The normalized spacial score (nSPS) is 16.8. The number of nitrogens with zero attached hydrogens (tertiary/aromatic N) is 1. The van der Waals surface area contributed by atoms with Crippen LogP contribution >= 0.6 is 15.9 Å². The lowest BCUT2D eigenvalue weighted by Crippen LogP contribution is -2.38. The predicted octanol–water partition coefficient (Wildman–Crippen LogP) is 2.37. The molecular weight excluding hydrogens is 302 g/mol. The van der Waals surface area contributed by atoms with Gasteiger partial charge in [0.25, 0.3) is 5.91 Å². The van der Waals surface area contributed by atoms with Crippen molar-refractivity contribution in [3.63, 3.8) is 0 Å². The topological polar surface area (TPSA) is 70.8 Å². The fourth-order valence-corrected chi connectivity index (χ4v) is 2.53. The molecule has 98 valence electrons. The van der Waals surface area contributed by atoms with Gasteiger partial charge in [0.1, 0.15) is 6.26 Å². The molecule has 0 aliphatic carbocycles. The molecule has 1 aromatic rings. The fraction of sp³-hybridized carbons (Fsp3) is 0.500. The summed E-state index contributed by atoms with van der Waals surface area (Å²) in [6, 6.07) is 1.64. The summed E-state index contributed by atoms with van der Waals surface area (Å²) in [4.78, 5) is 24.4. The number of likely N-dealkylation sites (tertiary alicyclic amines) is 1. The number of carbonyl (C=O) groups is 2. The highest BCUT2D eigenvalue weighted by Crippen LogP contribution is 2.23. The summed E-state index contributed by atoms with van der Waals surface area (Å²) in [6.45, 7) is 1.22. The van der Waals surface area contributed by atoms with Crippen LogP contribution in [0.3, 0.4) is 0 Å². The Balaban J connectivity index is 1.90. The van der Waals surface area contributed by atoms with Gasteiger partial charge in [-0.3, -0.25) is 9.59 Å². The highest BCUT2D eigenvalue weighted by Gasteiger charge is 2.25. The molecule has 0 saturated carbocycles. The van der Waals surface area contributed by atoms with E-state index in [2.05, 4.69) is 15.9 Å². The number of piperidine rings is 1. The van der Waals surface area contributed by atoms with Gasteiger partial charge in [0, 0.05) is 25.6 Å². The molecule has 1 saturated heterocycles. The minimum absolute atomic E-state index is 0.0572. The third-order valence-electron chi connectivity index (χ3n) is 3.18. The standard InChI is InChI=1S/C12H14BrNO4/c13-10-6-9(7-18-10)12(17)14-3-1-8(2-4-14)5-11(15)16/h6-8H,1-5H2,(H,15,16). The van der Waals surface area contributed by atoms with E-state index in [1.165, 1.54) is 6.26 Å². The molecule has 2 rings (SSSR count). The second kappa shape index (κ2) is 5.56. The van der Waals surface area contributed by atoms with Crippen molar-refractivity contribution in [1.29, 1.82) is 0 Å². The molecule has 0 radical (unpaired) electrons. The second-order valence-corrected chi connectivity index (χ2v) is 5.25. The van der Waals surface area contributed by atoms with Crippen LogP contribution in [0.4, 0.5) is 0 Å². The van der Waals surface area contributed by atoms with Crippen LogP contribution in [-0.4, -0.2) is 35.0 Å². The van der Waals surface area contributed by atoms with Crippen molar-refractivity contribution >= 4 is 27.8 Å². The Morgan fingerprint density at radius 3 is 2.61 bits per heavy atom. The quantitative estimate of drug-likeness (QED) is 0.929.